The van der Waals surface area contributed by atoms with Gasteiger partial charge in [0.25, 0.3) is 0 Å². The number of nitrogens with zero attached hydrogens (tertiary/aromatic N) is 3. The van der Waals surface area contributed by atoms with Crippen LogP contribution in [-0.4, -0.2) is 37.1 Å². The van der Waals surface area contributed by atoms with Gasteiger partial charge in [-0.1, -0.05) is 6.92 Å². The van der Waals surface area contributed by atoms with Gasteiger partial charge in [-0.05, 0) is 27.2 Å². The smallest absolute Gasteiger partial charge is 0.407 e. The first-order valence-corrected chi connectivity index (χ1v) is 7.27. The highest BCUT2D eigenvalue weighted by molar-refractivity contribution is 5.88. The molecule has 2 aromatic heterocycles. The van der Waals surface area contributed by atoms with E-state index in [1.54, 1.807) is 33.2 Å². The minimum atomic E-state index is -1.06. The van der Waals surface area contributed by atoms with Gasteiger partial charge in [-0.15, -0.1) is 0 Å². The molecule has 0 unspecified atom stereocenters. The van der Waals surface area contributed by atoms with E-state index in [0.717, 1.165) is 0 Å². The first-order valence-electron chi connectivity index (χ1n) is 7.27. The molecule has 1 amide bonds. The maximum absolute atomic E-state index is 11.7. The van der Waals surface area contributed by atoms with Crippen LogP contribution >= 0.6 is 0 Å². The minimum absolute atomic E-state index is 0.0918. The molecule has 23 heavy (non-hydrogen) atoms. The summed E-state index contributed by atoms with van der Waals surface area (Å²) in [6.45, 7) is 7.33. The first kappa shape index (κ1) is 16.7. The van der Waals surface area contributed by atoms with Crippen LogP contribution in [0.2, 0.25) is 0 Å². The molecule has 0 spiro atoms. The first-order chi connectivity index (χ1) is 10.7. The number of carboxylic acids is 1. The molecule has 2 rings (SSSR count). The Kier molecular flexibility index (Phi) is 4.53. The third-order valence-electron chi connectivity index (χ3n) is 2.98. The monoisotopic (exact) mass is 320 g/mol. The normalized spacial score (nSPS) is 11.5. The van der Waals surface area contributed by atoms with Crippen molar-refractivity contribution in [1.82, 2.24) is 19.7 Å². The Hall–Kier alpha value is -2.64. The van der Waals surface area contributed by atoms with Gasteiger partial charge in [-0.3, -0.25) is 4.40 Å². The lowest BCUT2D eigenvalue weighted by Crippen LogP contribution is -2.32. The predicted octanol–water partition coefficient (Wildman–Crippen LogP) is 2.01. The Balaban J connectivity index is 2.21. The van der Waals surface area contributed by atoms with Crippen LogP contribution in [0.3, 0.4) is 0 Å². The average Bonchev–Trinajstić information content (AvgIpc) is 2.81. The number of aryl methyl sites for hydroxylation is 1. The fraction of sp³-hybridized carbons (Fsp3) is 0.467. The highest BCUT2D eigenvalue weighted by atomic mass is 16.6. The summed E-state index contributed by atoms with van der Waals surface area (Å²) in [4.78, 5) is 31.4. The lowest BCUT2D eigenvalue weighted by Gasteiger charge is -2.19. The van der Waals surface area contributed by atoms with Gasteiger partial charge >= 0.3 is 12.1 Å². The number of aromatic nitrogens is 3. The van der Waals surface area contributed by atoms with E-state index in [0.29, 0.717) is 23.5 Å². The molecule has 0 aliphatic carbocycles. The average molecular weight is 320 g/mol. The fourth-order valence-electron chi connectivity index (χ4n) is 2.07. The lowest BCUT2D eigenvalue weighted by atomic mass is 10.2. The van der Waals surface area contributed by atoms with Crippen molar-refractivity contribution < 1.29 is 19.4 Å². The zero-order chi connectivity index (χ0) is 17.2. The quantitative estimate of drug-likeness (QED) is 0.892. The van der Waals surface area contributed by atoms with Crippen LogP contribution in [-0.2, 0) is 17.7 Å². The molecule has 0 aliphatic rings. The number of hydrogen-bond acceptors (Lipinski definition) is 5. The molecule has 0 radical (unpaired) electrons. The zero-order valence-corrected chi connectivity index (χ0v) is 13.6. The van der Waals surface area contributed by atoms with Gasteiger partial charge in [0, 0.05) is 24.5 Å². The highest BCUT2D eigenvalue weighted by Crippen LogP contribution is 2.13. The summed E-state index contributed by atoms with van der Waals surface area (Å²) >= 11 is 0. The number of carboxylic acid groups (broad SMARTS) is 1. The summed E-state index contributed by atoms with van der Waals surface area (Å²) in [7, 11) is 0. The maximum Gasteiger partial charge on any atom is 0.407 e. The molecule has 8 nitrogen and oxygen atoms in total. The van der Waals surface area contributed by atoms with Crippen molar-refractivity contribution in [3.05, 3.63) is 29.3 Å². The Labute approximate surface area is 133 Å². The van der Waals surface area contributed by atoms with E-state index in [-0.39, 0.29) is 12.2 Å². The number of fused-ring (bicyclic) bond motifs is 1. The van der Waals surface area contributed by atoms with Crippen molar-refractivity contribution in [2.24, 2.45) is 0 Å². The van der Waals surface area contributed by atoms with Gasteiger partial charge in [-0.2, -0.15) is 0 Å². The largest absolute Gasteiger partial charge is 0.477 e. The molecule has 124 valence electrons. The number of hydrogen-bond donors (Lipinski definition) is 2. The number of nitrogens with one attached hydrogen (secondary N) is 1. The molecule has 0 fully saturated rings. The molecule has 2 aromatic rings. The lowest BCUT2D eigenvalue weighted by molar-refractivity contribution is 0.0522. The highest BCUT2D eigenvalue weighted by Gasteiger charge is 2.19. The number of carbonyl (C=O) groups excluding carboxylic acids is 1. The molecule has 0 saturated carbocycles. The van der Waals surface area contributed by atoms with E-state index in [2.05, 4.69) is 15.3 Å². The number of amides is 1. The second-order valence-corrected chi connectivity index (χ2v) is 6.05. The van der Waals surface area contributed by atoms with E-state index in [1.165, 1.54) is 4.40 Å². The summed E-state index contributed by atoms with van der Waals surface area (Å²) < 4.78 is 6.57. The zero-order valence-electron chi connectivity index (χ0n) is 13.6. The third-order valence-corrected chi connectivity index (χ3v) is 2.98. The number of rotatable bonds is 4. The fourth-order valence-corrected chi connectivity index (χ4v) is 2.07. The second kappa shape index (κ2) is 6.23. The van der Waals surface area contributed by atoms with Crippen molar-refractivity contribution in [3.8, 4) is 0 Å². The van der Waals surface area contributed by atoms with Crippen LogP contribution < -0.4 is 5.32 Å². The Morgan fingerprint density at radius 2 is 2.09 bits per heavy atom. The van der Waals surface area contributed by atoms with Crippen LogP contribution in [0, 0.1) is 0 Å². The van der Waals surface area contributed by atoms with Crippen LogP contribution in [0.4, 0.5) is 4.79 Å². The number of carbonyl (C=O) groups is 2. The number of alkyl carbamates (subject to hydrolysis) is 1. The summed E-state index contributed by atoms with van der Waals surface area (Å²) in [5.41, 5.74) is 0.630. The van der Waals surface area contributed by atoms with Crippen molar-refractivity contribution in [3.63, 3.8) is 0 Å². The van der Waals surface area contributed by atoms with Crippen molar-refractivity contribution in [2.45, 2.75) is 46.3 Å². The Bertz CT molecular complexity index is 746. The molecule has 0 aromatic carbocycles. The van der Waals surface area contributed by atoms with Crippen LogP contribution in [0.1, 0.15) is 49.4 Å². The summed E-state index contributed by atoms with van der Waals surface area (Å²) in [5, 5.41) is 11.9. The van der Waals surface area contributed by atoms with E-state index < -0.39 is 17.7 Å². The van der Waals surface area contributed by atoms with Crippen molar-refractivity contribution in [2.75, 3.05) is 0 Å². The predicted molar refractivity (Wildman–Crippen MR) is 82.4 cm³/mol. The van der Waals surface area contributed by atoms with Crippen LogP contribution in [0.15, 0.2) is 12.4 Å². The van der Waals surface area contributed by atoms with E-state index >= 15 is 0 Å². The summed E-state index contributed by atoms with van der Waals surface area (Å²) in [6.07, 6.45) is 3.10. The molecule has 2 N–H and O–H groups in total. The van der Waals surface area contributed by atoms with E-state index in [4.69, 9.17) is 4.74 Å². The molecule has 8 heteroatoms. The SMILES string of the molecule is CCc1nc2ncc(CNC(=O)OC(C)(C)C)cn2c1C(=O)O. The molecular weight excluding hydrogens is 300 g/mol. The molecular formula is C15H20N4O4. The van der Waals surface area contributed by atoms with Crippen LogP contribution in [0.5, 0.6) is 0 Å². The van der Waals surface area contributed by atoms with E-state index in [1.807, 2.05) is 6.92 Å². The number of aromatic carboxylic acids is 1. The summed E-state index contributed by atoms with van der Waals surface area (Å²) in [6, 6.07) is 0. The van der Waals surface area contributed by atoms with Gasteiger partial charge in [-0.25, -0.2) is 19.6 Å². The molecule has 0 bridgehead atoms. The van der Waals surface area contributed by atoms with Gasteiger partial charge in [0.05, 0.1) is 5.69 Å². The van der Waals surface area contributed by atoms with Gasteiger partial charge < -0.3 is 15.2 Å². The standard InChI is InChI=1S/C15H20N4O4/c1-5-10-11(12(20)21)19-8-9(6-16-13(19)18-10)7-17-14(22)23-15(2,3)4/h6,8H,5,7H2,1-4H3,(H,17,22)(H,20,21). The molecule has 2 heterocycles. The third kappa shape index (κ3) is 3.97. The second-order valence-electron chi connectivity index (χ2n) is 6.05. The minimum Gasteiger partial charge on any atom is -0.477 e. The maximum atomic E-state index is 11.7. The Morgan fingerprint density at radius 3 is 2.65 bits per heavy atom. The van der Waals surface area contributed by atoms with Gasteiger partial charge in [0.1, 0.15) is 5.60 Å². The van der Waals surface area contributed by atoms with E-state index in [9.17, 15) is 14.7 Å². The Morgan fingerprint density at radius 1 is 1.39 bits per heavy atom. The van der Waals surface area contributed by atoms with Crippen LogP contribution in [0.25, 0.3) is 5.78 Å². The van der Waals surface area contributed by atoms with Gasteiger partial charge in [0.2, 0.25) is 5.78 Å². The molecule has 0 aliphatic heterocycles. The van der Waals surface area contributed by atoms with Gasteiger partial charge in [0.15, 0.2) is 5.69 Å². The van der Waals surface area contributed by atoms with Crippen molar-refractivity contribution >= 4 is 17.8 Å². The number of ether oxygens (including phenoxy) is 1. The topological polar surface area (TPSA) is 106 Å². The molecule has 0 saturated heterocycles. The summed E-state index contributed by atoms with van der Waals surface area (Å²) in [5.74, 6) is -0.742. The number of imidazole rings is 1. The molecule has 0 atom stereocenters. The van der Waals surface area contributed by atoms with Crippen molar-refractivity contribution in [1.29, 1.82) is 0 Å².